The lowest BCUT2D eigenvalue weighted by Crippen LogP contribution is -2.39. The molecular weight excluding hydrogens is 314 g/mol. The lowest BCUT2D eigenvalue weighted by Gasteiger charge is -2.26. The molecule has 0 amide bonds. The molecule has 2 aromatic rings. The normalized spacial score (nSPS) is 15.1. The van der Waals surface area contributed by atoms with Crippen molar-refractivity contribution in [3.8, 4) is 0 Å². The molecule has 0 radical (unpaired) electrons. The molecule has 0 unspecified atom stereocenters. The van der Waals surface area contributed by atoms with E-state index < -0.39 is 0 Å². The maximum Gasteiger partial charge on any atom is 0.227 e. The molecule has 1 aliphatic heterocycles. The van der Waals surface area contributed by atoms with Crippen molar-refractivity contribution in [1.29, 1.82) is 0 Å². The van der Waals surface area contributed by atoms with Crippen molar-refractivity contribution >= 4 is 11.8 Å². The second-order valence-electron chi connectivity index (χ2n) is 6.12. The molecule has 1 aliphatic rings. The second kappa shape index (κ2) is 9.34. The van der Waals surface area contributed by atoms with E-state index in [1.165, 1.54) is 5.56 Å². The smallest absolute Gasteiger partial charge is 0.227 e. The van der Waals surface area contributed by atoms with Gasteiger partial charge in [0.15, 0.2) is 0 Å². The van der Waals surface area contributed by atoms with Gasteiger partial charge in [-0.3, -0.25) is 4.90 Å². The van der Waals surface area contributed by atoms with Gasteiger partial charge >= 0.3 is 0 Å². The highest BCUT2D eigenvalue weighted by atomic mass is 16.5. The summed E-state index contributed by atoms with van der Waals surface area (Å²) < 4.78 is 5.38. The highest BCUT2D eigenvalue weighted by Gasteiger charge is 2.11. The number of hydrogen-bond acceptors (Lipinski definition) is 6. The number of ether oxygens (including phenoxy) is 1. The van der Waals surface area contributed by atoms with E-state index in [0.29, 0.717) is 0 Å². The fraction of sp³-hybridized carbons (Fsp3) is 0.474. The molecule has 1 fully saturated rings. The quantitative estimate of drug-likeness (QED) is 0.795. The molecule has 2 heterocycles. The molecule has 6 heteroatoms. The van der Waals surface area contributed by atoms with Crippen LogP contribution in [0.3, 0.4) is 0 Å². The zero-order chi connectivity index (χ0) is 17.3. The Labute approximate surface area is 149 Å². The summed E-state index contributed by atoms with van der Waals surface area (Å²) in [5.74, 6) is 1.65. The van der Waals surface area contributed by atoms with Crippen LogP contribution in [0.2, 0.25) is 0 Å². The maximum atomic E-state index is 5.38. The summed E-state index contributed by atoms with van der Waals surface area (Å²) in [6.45, 7) is 9.39. The predicted octanol–water partition coefficient (Wildman–Crippen LogP) is 2.25. The van der Waals surface area contributed by atoms with Gasteiger partial charge in [0, 0.05) is 45.5 Å². The third-order valence-electron chi connectivity index (χ3n) is 4.36. The predicted molar refractivity (Wildman–Crippen MR) is 101 cm³/mol. The van der Waals surface area contributed by atoms with Crippen LogP contribution in [-0.2, 0) is 11.3 Å². The first kappa shape index (κ1) is 17.6. The first-order valence-electron chi connectivity index (χ1n) is 9.01. The van der Waals surface area contributed by atoms with Crippen molar-refractivity contribution in [1.82, 2.24) is 14.9 Å². The number of rotatable bonds is 8. The lowest BCUT2D eigenvalue weighted by molar-refractivity contribution is 0.0398. The Morgan fingerprint density at radius 1 is 1.16 bits per heavy atom. The van der Waals surface area contributed by atoms with Crippen LogP contribution in [0.15, 0.2) is 42.6 Å². The summed E-state index contributed by atoms with van der Waals surface area (Å²) in [6.07, 6.45) is 1.83. The first-order chi connectivity index (χ1) is 12.3. The molecule has 0 saturated carbocycles. The number of anilines is 2. The Bertz CT molecular complexity index is 631. The van der Waals surface area contributed by atoms with Gasteiger partial charge in [-0.1, -0.05) is 30.3 Å². The molecule has 1 saturated heterocycles. The fourth-order valence-corrected chi connectivity index (χ4v) is 2.89. The van der Waals surface area contributed by atoms with Crippen molar-refractivity contribution in [3.63, 3.8) is 0 Å². The van der Waals surface area contributed by atoms with Crippen LogP contribution in [-0.4, -0.2) is 60.8 Å². The highest BCUT2D eigenvalue weighted by Crippen LogP contribution is 2.14. The molecule has 0 aliphatic carbocycles. The monoisotopic (exact) mass is 341 g/mol. The second-order valence-corrected chi connectivity index (χ2v) is 6.12. The number of hydrogen-bond donors (Lipinski definition) is 1. The third kappa shape index (κ3) is 5.41. The minimum absolute atomic E-state index is 0.766. The van der Waals surface area contributed by atoms with Crippen LogP contribution in [0.5, 0.6) is 0 Å². The van der Waals surface area contributed by atoms with Crippen molar-refractivity contribution in [2.75, 3.05) is 56.2 Å². The summed E-state index contributed by atoms with van der Waals surface area (Å²) in [6, 6.07) is 12.4. The van der Waals surface area contributed by atoms with E-state index in [4.69, 9.17) is 4.74 Å². The third-order valence-corrected chi connectivity index (χ3v) is 4.36. The van der Waals surface area contributed by atoms with Gasteiger partial charge in [0.2, 0.25) is 5.95 Å². The number of morpholine rings is 1. The van der Waals surface area contributed by atoms with Gasteiger partial charge in [0.05, 0.1) is 13.2 Å². The van der Waals surface area contributed by atoms with E-state index in [-0.39, 0.29) is 0 Å². The van der Waals surface area contributed by atoms with Crippen LogP contribution in [0, 0.1) is 0 Å². The van der Waals surface area contributed by atoms with Crippen molar-refractivity contribution in [2.24, 2.45) is 0 Å². The Hall–Kier alpha value is -2.18. The Balaban J connectivity index is 1.55. The Kier molecular flexibility index (Phi) is 6.59. The first-order valence-corrected chi connectivity index (χ1v) is 9.01. The SMILES string of the molecule is CCN(Cc1ccccc1)c1nccc(NCCN2CCOCC2)n1. The summed E-state index contributed by atoms with van der Waals surface area (Å²) in [5, 5.41) is 3.41. The van der Waals surface area contributed by atoms with Gasteiger partial charge in [-0.2, -0.15) is 4.98 Å². The Morgan fingerprint density at radius 2 is 1.96 bits per heavy atom. The minimum Gasteiger partial charge on any atom is -0.379 e. The van der Waals surface area contributed by atoms with Crippen LogP contribution < -0.4 is 10.2 Å². The van der Waals surface area contributed by atoms with E-state index in [2.05, 4.69) is 56.3 Å². The molecule has 0 bridgehead atoms. The van der Waals surface area contributed by atoms with Crippen LogP contribution in [0.1, 0.15) is 12.5 Å². The number of nitrogens with zero attached hydrogens (tertiary/aromatic N) is 4. The maximum absolute atomic E-state index is 5.38. The van der Waals surface area contributed by atoms with E-state index in [1.54, 1.807) is 0 Å². The van der Waals surface area contributed by atoms with Crippen molar-refractivity contribution in [3.05, 3.63) is 48.2 Å². The van der Waals surface area contributed by atoms with Gasteiger partial charge < -0.3 is 15.0 Å². The molecule has 0 atom stereocenters. The minimum atomic E-state index is 0.766. The molecule has 134 valence electrons. The van der Waals surface area contributed by atoms with Gasteiger partial charge in [0.25, 0.3) is 0 Å². The van der Waals surface area contributed by atoms with E-state index in [1.807, 2.05) is 18.3 Å². The number of benzene rings is 1. The summed E-state index contributed by atoms with van der Waals surface area (Å²) in [5.41, 5.74) is 1.26. The lowest BCUT2D eigenvalue weighted by atomic mass is 10.2. The molecule has 0 spiro atoms. The molecule has 25 heavy (non-hydrogen) atoms. The number of nitrogens with one attached hydrogen (secondary N) is 1. The molecular formula is C19H27N5O. The highest BCUT2D eigenvalue weighted by molar-refractivity contribution is 5.41. The molecule has 6 nitrogen and oxygen atoms in total. The van der Waals surface area contributed by atoms with Gasteiger partial charge in [-0.15, -0.1) is 0 Å². The van der Waals surface area contributed by atoms with E-state index >= 15 is 0 Å². The average Bonchev–Trinajstić information content (AvgIpc) is 2.68. The molecule has 1 N–H and O–H groups in total. The largest absolute Gasteiger partial charge is 0.379 e. The van der Waals surface area contributed by atoms with Gasteiger partial charge in [-0.25, -0.2) is 4.98 Å². The van der Waals surface area contributed by atoms with Crippen LogP contribution in [0.25, 0.3) is 0 Å². The zero-order valence-corrected chi connectivity index (χ0v) is 14.9. The fourth-order valence-electron chi connectivity index (χ4n) is 2.89. The van der Waals surface area contributed by atoms with Crippen molar-refractivity contribution < 1.29 is 4.74 Å². The Morgan fingerprint density at radius 3 is 2.72 bits per heavy atom. The van der Waals surface area contributed by atoms with Crippen molar-refractivity contribution in [2.45, 2.75) is 13.5 Å². The molecule has 3 rings (SSSR count). The van der Waals surface area contributed by atoms with Gasteiger partial charge in [0.1, 0.15) is 5.82 Å². The van der Waals surface area contributed by atoms with Gasteiger partial charge in [-0.05, 0) is 18.6 Å². The standard InChI is InChI=1S/C19H27N5O/c1-2-24(16-17-6-4-3-5-7-17)19-21-9-8-18(22-19)20-10-11-23-12-14-25-15-13-23/h3-9H,2,10-16H2,1H3,(H,20,21,22). The van der Waals surface area contributed by atoms with Crippen LogP contribution >= 0.6 is 0 Å². The zero-order valence-electron chi connectivity index (χ0n) is 14.9. The number of aromatic nitrogens is 2. The topological polar surface area (TPSA) is 53.5 Å². The molecule has 1 aromatic heterocycles. The van der Waals surface area contributed by atoms with Crippen LogP contribution in [0.4, 0.5) is 11.8 Å². The van der Waals surface area contributed by atoms with E-state index in [9.17, 15) is 0 Å². The summed E-state index contributed by atoms with van der Waals surface area (Å²) in [7, 11) is 0. The summed E-state index contributed by atoms with van der Waals surface area (Å²) in [4.78, 5) is 13.7. The van der Waals surface area contributed by atoms with E-state index in [0.717, 1.165) is 64.2 Å². The molecule has 1 aromatic carbocycles. The average molecular weight is 341 g/mol. The summed E-state index contributed by atoms with van der Waals surface area (Å²) >= 11 is 0.